The third-order valence-corrected chi connectivity index (χ3v) is 6.11. The molecule has 0 unspecified atom stereocenters. The van der Waals surface area contributed by atoms with Crippen molar-refractivity contribution in [2.45, 2.75) is 63.6 Å². The monoisotopic (exact) mass is 428 g/mol. The number of ether oxygens (including phenoxy) is 1. The lowest BCUT2D eigenvalue weighted by Gasteiger charge is -2.31. The highest BCUT2D eigenvalue weighted by Crippen LogP contribution is 2.30. The Kier molecular flexibility index (Phi) is 7.29. The Morgan fingerprint density at radius 1 is 1.06 bits per heavy atom. The molecular weight excluding hydrogens is 395 g/mol. The minimum Gasteiger partial charge on any atom is -0.383 e. The SMILES string of the molecule is COC[C@H](C)NC1CCC(Nc2cc(-c3cnnc(NCC4CC4)c3)c(F)cn2)CC1. The first-order chi connectivity index (χ1) is 15.1. The van der Waals surface area contributed by atoms with Crippen molar-refractivity contribution in [2.75, 3.05) is 30.9 Å². The van der Waals surface area contributed by atoms with E-state index in [1.54, 1.807) is 19.4 Å². The van der Waals surface area contributed by atoms with E-state index in [0.717, 1.165) is 44.8 Å². The zero-order chi connectivity index (χ0) is 21.6. The quantitative estimate of drug-likeness (QED) is 0.530. The Balaban J connectivity index is 1.35. The lowest BCUT2D eigenvalue weighted by Crippen LogP contribution is -2.42. The molecule has 0 amide bonds. The number of nitrogens with one attached hydrogen (secondary N) is 3. The molecule has 0 saturated heterocycles. The highest BCUT2D eigenvalue weighted by molar-refractivity contribution is 5.68. The van der Waals surface area contributed by atoms with Crippen LogP contribution in [-0.4, -0.2) is 53.6 Å². The summed E-state index contributed by atoms with van der Waals surface area (Å²) in [7, 11) is 1.73. The van der Waals surface area contributed by atoms with Gasteiger partial charge in [-0.05, 0) is 63.5 Å². The molecule has 2 saturated carbocycles. The van der Waals surface area contributed by atoms with E-state index in [1.807, 2.05) is 6.07 Å². The van der Waals surface area contributed by atoms with Gasteiger partial charge in [-0.2, -0.15) is 5.10 Å². The van der Waals surface area contributed by atoms with Crippen molar-refractivity contribution in [3.05, 3.63) is 30.3 Å². The van der Waals surface area contributed by atoms with Gasteiger partial charge in [0.25, 0.3) is 0 Å². The van der Waals surface area contributed by atoms with Gasteiger partial charge in [-0.1, -0.05) is 0 Å². The Morgan fingerprint density at radius 2 is 1.84 bits per heavy atom. The van der Waals surface area contributed by atoms with Crippen molar-refractivity contribution in [3.63, 3.8) is 0 Å². The first-order valence-electron chi connectivity index (χ1n) is 11.3. The standard InChI is InChI=1S/C23H33FN6O/c1-15(14-31-2)28-18-5-7-19(8-6-18)29-22-10-20(21(24)13-26-22)17-9-23(30-27-12-17)25-11-16-3-4-16/h9-10,12-13,15-16,18-19,28H,3-8,11,14H2,1-2H3,(H,25,30)(H,26,29)/t15-,18?,19?/m0/s1. The fraction of sp³-hybridized carbons (Fsp3) is 0.609. The van der Waals surface area contributed by atoms with Crippen LogP contribution in [0.25, 0.3) is 11.1 Å². The summed E-state index contributed by atoms with van der Waals surface area (Å²) in [5.41, 5.74) is 1.20. The summed E-state index contributed by atoms with van der Waals surface area (Å²) in [5, 5.41) is 18.6. The fourth-order valence-electron chi connectivity index (χ4n) is 4.22. The van der Waals surface area contributed by atoms with Crippen molar-refractivity contribution in [3.8, 4) is 11.1 Å². The van der Waals surface area contributed by atoms with Gasteiger partial charge >= 0.3 is 0 Å². The maximum absolute atomic E-state index is 14.5. The average molecular weight is 429 g/mol. The number of rotatable bonds is 10. The van der Waals surface area contributed by atoms with Gasteiger partial charge in [-0.15, -0.1) is 5.10 Å². The molecule has 2 aromatic rings. The second-order valence-electron chi connectivity index (χ2n) is 8.92. The fourth-order valence-corrected chi connectivity index (χ4v) is 4.22. The molecule has 168 valence electrons. The topological polar surface area (TPSA) is 84.0 Å². The molecule has 0 aromatic carbocycles. The van der Waals surface area contributed by atoms with Crippen molar-refractivity contribution < 1.29 is 9.13 Å². The summed E-state index contributed by atoms with van der Waals surface area (Å²) < 4.78 is 19.8. The summed E-state index contributed by atoms with van der Waals surface area (Å²) in [6.45, 7) is 3.77. The van der Waals surface area contributed by atoms with Gasteiger partial charge in [0.15, 0.2) is 0 Å². The summed E-state index contributed by atoms with van der Waals surface area (Å²) >= 11 is 0. The molecule has 2 fully saturated rings. The highest BCUT2D eigenvalue weighted by Gasteiger charge is 2.23. The van der Waals surface area contributed by atoms with Gasteiger partial charge < -0.3 is 20.7 Å². The summed E-state index contributed by atoms with van der Waals surface area (Å²) in [6, 6.07) is 4.85. The summed E-state index contributed by atoms with van der Waals surface area (Å²) in [5.74, 6) is 1.76. The Hall–Kier alpha value is -2.32. The van der Waals surface area contributed by atoms with Crippen LogP contribution in [0.1, 0.15) is 45.4 Å². The number of halogens is 1. The van der Waals surface area contributed by atoms with E-state index in [9.17, 15) is 4.39 Å². The molecule has 0 radical (unpaired) electrons. The third-order valence-electron chi connectivity index (χ3n) is 6.11. The molecule has 2 aliphatic rings. The van der Waals surface area contributed by atoms with Crippen molar-refractivity contribution >= 4 is 11.6 Å². The molecule has 8 heteroatoms. The van der Waals surface area contributed by atoms with Crippen molar-refractivity contribution in [1.82, 2.24) is 20.5 Å². The first-order valence-corrected chi connectivity index (χ1v) is 11.3. The van der Waals surface area contributed by atoms with E-state index < -0.39 is 0 Å². The molecule has 2 heterocycles. The van der Waals surface area contributed by atoms with Crippen LogP contribution >= 0.6 is 0 Å². The Labute approximate surface area is 183 Å². The minimum absolute atomic E-state index is 0.341. The van der Waals surface area contributed by atoms with Gasteiger partial charge in [0, 0.05) is 42.9 Å². The Morgan fingerprint density at radius 3 is 2.58 bits per heavy atom. The molecule has 0 aliphatic heterocycles. The molecular formula is C23H33FN6O. The van der Waals surface area contributed by atoms with Gasteiger partial charge in [0.05, 0.1) is 19.0 Å². The van der Waals surface area contributed by atoms with Crippen molar-refractivity contribution in [2.24, 2.45) is 5.92 Å². The average Bonchev–Trinajstić information content (AvgIpc) is 3.60. The molecule has 3 N–H and O–H groups in total. The van der Waals surface area contributed by atoms with Gasteiger partial charge in [0.2, 0.25) is 0 Å². The number of hydrogen-bond acceptors (Lipinski definition) is 7. The smallest absolute Gasteiger partial charge is 0.149 e. The predicted octanol–water partition coefficient (Wildman–Crippen LogP) is 3.85. The van der Waals surface area contributed by atoms with Crippen LogP contribution in [0.15, 0.2) is 24.5 Å². The zero-order valence-electron chi connectivity index (χ0n) is 18.4. The highest BCUT2D eigenvalue weighted by atomic mass is 19.1. The van der Waals surface area contributed by atoms with Gasteiger partial charge in [-0.25, -0.2) is 9.37 Å². The second-order valence-corrected chi connectivity index (χ2v) is 8.92. The van der Waals surface area contributed by atoms with Crippen LogP contribution in [-0.2, 0) is 4.74 Å². The van der Waals surface area contributed by atoms with Crippen LogP contribution in [0.2, 0.25) is 0 Å². The van der Waals surface area contributed by atoms with E-state index in [1.165, 1.54) is 19.0 Å². The first kappa shape index (κ1) is 21.9. The van der Waals surface area contributed by atoms with Crippen LogP contribution in [0.3, 0.4) is 0 Å². The number of hydrogen-bond donors (Lipinski definition) is 3. The van der Waals surface area contributed by atoms with E-state index in [4.69, 9.17) is 4.74 Å². The van der Waals surface area contributed by atoms with Gasteiger partial charge in [0.1, 0.15) is 17.5 Å². The van der Waals surface area contributed by atoms with E-state index in [-0.39, 0.29) is 5.82 Å². The molecule has 2 aromatic heterocycles. The molecule has 0 bridgehead atoms. The lowest BCUT2D eigenvalue weighted by molar-refractivity contribution is 0.161. The second kappa shape index (κ2) is 10.3. The summed E-state index contributed by atoms with van der Waals surface area (Å²) in [4.78, 5) is 4.27. The van der Waals surface area contributed by atoms with E-state index >= 15 is 0 Å². The number of aromatic nitrogens is 3. The molecule has 4 rings (SSSR count). The Bertz CT molecular complexity index is 854. The molecule has 2 aliphatic carbocycles. The molecule has 31 heavy (non-hydrogen) atoms. The van der Waals surface area contributed by atoms with Crippen molar-refractivity contribution in [1.29, 1.82) is 0 Å². The van der Waals surface area contributed by atoms with Crippen LogP contribution < -0.4 is 16.0 Å². The van der Waals surface area contributed by atoms with Crippen LogP contribution in [0, 0.1) is 11.7 Å². The van der Waals surface area contributed by atoms with Crippen LogP contribution in [0.4, 0.5) is 16.0 Å². The van der Waals surface area contributed by atoms with E-state index in [2.05, 4.69) is 38.1 Å². The normalized spacial score (nSPS) is 22.2. The molecule has 0 spiro atoms. The van der Waals surface area contributed by atoms with Gasteiger partial charge in [-0.3, -0.25) is 0 Å². The largest absolute Gasteiger partial charge is 0.383 e. The number of methoxy groups -OCH3 is 1. The lowest BCUT2D eigenvalue weighted by atomic mass is 9.90. The van der Waals surface area contributed by atoms with E-state index in [0.29, 0.717) is 40.9 Å². The zero-order valence-corrected chi connectivity index (χ0v) is 18.4. The van der Waals surface area contributed by atoms with Crippen LogP contribution in [0.5, 0.6) is 0 Å². The predicted molar refractivity (Wildman–Crippen MR) is 121 cm³/mol. The number of pyridine rings is 1. The number of anilines is 2. The third kappa shape index (κ3) is 6.33. The maximum atomic E-state index is 14.5. The molecule has 1 atom stereocenters. The minimum atomic E-state index is -0.355. The maximum Gasteiger partial charge on any atom is 0.149 e. The number of nitrogens with zero attached hydrogens (tertiary/aromatic N) is 3. The summed E-state index contributed by atoms with van der Waals surface area (Å²) in [6.07, 6.45) is 9.72. The molecule has 7 nitrogen and oxygen atoms in total.